The minimum atomic E-state index is 0.241. The number of hydrogen-bond acceptors (Lipinski definition) is 3. The van der Waals surface area contributed by atoms with Gasteiger partial charge in [0.15, 0.2) is 0 Å². The molecule has 0 radical (unpaired) electrons. The molecule has 0 aliphatic heterocycles. The average Bonchev–Trinajstić information content (AvgIpc) is 2.18. The lowest BCUT2D eigenvalue weighted by Gasteiger charge is -2.03. The summed E-state index contributed by atoms with van der Waals surface area (Å²) in [7, 11) is 0. The Labute approximate surface area is 82.1 Å². The van der Waals surface area contributed by atoms with Gasteiger partial charge in [-0.2, -0.15) is 0 Å². The highest BCUT2D eigenvalue weighted by Crippen LogP contribution is 2.26. The number of nitrogens with zero attached hydrogens (tertiary/aromatic N) is 2. The molecular weight excluding hydrogens is 176 g/mol. The van der Waals surface area contributed by atoms with Crippen LogP contribution in [0.4, 0.5) is 0 Å². The first-order valence-corrected chi connectivity index (χ1v) is 4.35. The second-order valence-corrected chi connectivity index (χ2v) is 3.01. The van der Waals surface area contributed by atoms with Crippen LogP contribution in [-0.2, 0) is 0 Å². The Morgan fingerprint density at radius 3 is 2.64 bits per heavy atom. The smallest absolute Gasteiger partial charge is 0.125 e. The van der Waals surface area contributed by atoms with Crippen LogP contribution in [-0.4, -0.2) is 15.1 Å². The molecular formula is C11H10N2O. The zero-order chi connectivity index (χ0) is 9.97. The summed E-state index contributed by atoms with van der Waals surface area (Å²) in [5.41, 5.74) is 1.48. The second kappa shape index (κ2) is 3.46. The number of aryl methyl sites for hydroxylation is 1. The van der Waals surface area contributed by atoms with Crippen molar-refractivity contribution < 1.29 is 5.11 Å². The lowest BCUT2D eigenvalue weighted by atomic mass is 10.1. The molecule has 3 heteroatoms. The fourth-order valence-corrected chi connectivity index (χ4v) is 1.30. The lowest BCUT2D eigenvalue weighted by molar-refractivity contribution is 0.477. The van der Waals surface area contributed by atoms with Crippen molar-refractivity contribution in [2.45, 2.75) is 6.92 Å². The molecule has 0 saturated heterocycles. The van der Waals surface area contributed by atoms with Gasteiger partial charge in [0.1, 0.15) is 11.6 Å². The quantitative estimate of drug-likeness (QED) is 0.742. The number of phenolic OH excluding ortho intramolecular Hbond substituents is 1. The standard InChI is InChI=1S/C11H10N2O/c1-8-12-7-6-10(13-8)9-4-2-3-5-11(9)14/h2-7,14H,1H3. The summed E-state index contributed by atoms with van der Waals surface area (Å²) in [4.78, 5) is 8.24. The molecule has 1 heterocycles. The Balaban J connectivity index is 2.55. The number of hydrogen-bond donors (Lipinski definition) is 1. The van der Waals surface area contributed by atoms with Gasteiger partial charge in [0, 0.05) is 11.8 Å². The zero-order valence-electron chi connectivity index (χ0n) is 7.81. The maximum Gasteiger partial charge on any atom is 0.125 e. The summed E-state index contributed by atoms with van der Waals surface area (Å²) in [5.74, 6) is 0.941. The molecule has 0 aliphatic rings. The van der Waals surface area contributed by atoms with Crippen LogP contribution < -0.4 is 0 Å². The van der Waals surface area contributed by atoms with Gasteiger partial charge in [-0.25, -0.2) is 9.97 Å². The number of aromatic hydroxyl groups is 1. The van der Waals surface area contributed by atoms with Gasteiger partial charge in [-0.1, -0.05) is 12.1 Å². The van der Waals surface area contributed by atoms with Crippen molar-refractivity contribution in [3.8, 4) is 17.0 Å². The van der Waals surface area contributed by atoms with Gasteiger partial charge in [-0.3, -0.25) is 0 Å². The van der Waals surface area contributed by atoms with Gasteiger partial charge < -0.3 is 5.11 Å². The van der Waals surface area contributed by atoms with Crippen molar-refractivity contribution in [2.75, 3.05) is 0 Å². The Hall–Kier alpha value is -1.90. The lowest BCUT2D eigenvalue weighted by Crippen LogP contribution is -1.89. The first-order valence-electron chi connectivity index (χ1n) is 4.35. The third kappa shape index (κ3) is 1.57. The highest BCUT2D eigenvalue weighted by molar-refractivity contribution is 5.66. The van der Waals surface area contributed by atoms with E-state index in [0.717, 1.165) is 11.3 Å². The normalized spacial score (nSPS) is 10.1. The summed E-state index contributed by atoms with van der Waals surface area (Å²) in [6.45, 7) is 1.82. The van der Waals surface area contributed by atoms with Crippen molar-refractivity contribution in [1.82, 2.24) is 9.97 Å². The van der Waals surface area contributed by atoms with Crippen molar-refractivity contribution in [3.63, 3.8) is 0 Å². The molecule has 0 amide bonds. The molecule has 3 nitrogen and oxygen atoms in total. The summed E-state index contributed by atoms with van der Waals surface area (Å²) >= 11 is 0. The molecule has 0 unspecified atom stereocenters. The molecule has 0 bridgehead atoms. The average molecular weight is 186 g/mol. The van der Waals surface area contributed by atoms with E-state index in [0.29, 0.717) is 5.82 Å². The fourth-order valence-electron chi connectivity index (χ4n) is 1.30. The van der Waals surface area contributed by atoms with Gasteiger partial charge in [-0.15, -0.1) is 0 Å². The van der Waals surface area contributed by atoms with E-state index in [9.17, 15) is 5.11 Å². The van der Waals surface area contributed by atoms with Crippen LogP contribution in [0, 0.1) is 6.92 Å². The van der Waals surface area contributed by atoms with E-state index in [2.05, 4.69) is 9.97 Å². The largest absolute Gasteiger partial charge is 0.507 e. The second-order valence-electron chi connectivity index (χ2n) is 3.01. The summed E-state index contributed by atoms with van der Waals surface area (Å²) in [5, 5.41) is 9.59. The van der Waals surface area contributed by atoms with Gasteiger partial charge in [0.25, 0.3) is 0 Å². The minimum absolute atomic E-state index is 0.241. The summed E-state index contributed by atoms with van der Waals surface area (Å²) < 4.78 is 0. The van der Waals surface area contributed by atoms with Gasteiger partial charge in [0.2, 0.25) is 0 Å². The number of phenols is 1. The molecule has 1 aromatic heterocycles. The minimum Gasteiger partial charge on any atom is -0.507 e. The molecule has 1 N–H and O–H groups in total. The van der Waals surface area contributed by atoms with E-state index in [1.54, 1.807) is 24.4 Å². The monoisotopic (exact) mass is 186 g/mol. The van der Waals surface area contributed by atoms with E-state index >= 15 is 0 Å². The molecule has 1 aromatic carbocycles. The van der Waals surface area contributed by atoms with Crippen molar-refractivity contribution in [2.24, 2.45) is 0 Å². The molecule has 2 rings (SSSR count). The highest BCUT2D eigenvalue weighted by atomic mass is 16.3. The van der Waals surface area contributed by atoms with E-state index in [1.165, 1.54) is 0 Å². The van der Waals surface area contributed by atoms with Gasteiger partial charge in [0.05, 0.1) is 5.69 Å². The molecule has 70 valence electrons. The van der Waals surface area contributed by atoms with Crippen LogP contribution in [0.1, 0.15) is 5.82 Å². The van der Waals surface area contributed by atoms with Crippen LogP contribution >= 0.6 is 0 Å². The summed E-state index contributed by atoms with van der Waals surface area (Å²) in [6, 6.07) is 8.91. The van der Waals surface area contributed by atoms with Crippen molar-refractivity contribution in [1.29, 1.82) is 0 Å². The third-order valence-corrected chi connectivity index (χ3v) is 1.96. The fraction of sp³-hybridized carbons (Fsp3) is 0.0909. The molecule has 0 fully saturated rings. The van der Waals surface area contributed by atoms with E-state index in [-0.39, 0.29) is 5.75 Å². The SMILES string of the molecule is Cc1nccc(-c2ccccc2O)n1. The van der Waals surface area contributed by atoms with Crippen LogP contribution in [0.5, 0.6) is 5.75 Å². The molecule has 14 heavy (non-hydrogen) atoms. The predicted octanol–water partition coefficient (Wildman–Crippen LogP) is 2.16. The number of para-hydroxylation sites is 1. The molecule has 2 aromatic rings. The van der Waals surface area contributed by atoms with Crippen molar-refractivity contribution in [3.05, 3.63) is 42.4 Å². The predicted molar refractivity (Wildman–Crippen MR) is 53.9 cm³/mol. The van der Waals surface area contributed by atoms with Crippen LogP contribution in [0.3, 0.4) is 0 Å². The number of rotatable bonds is 1. The summed E-state index contributed by atoms with van der Waals surface area (Å²) in [6.07, 6.45) is 1.68. The topological polar surface area (TPSA) is 46.0 Å². The number of benzene rings is 1. The maximum absolute atomic E-state index is 9.59. The van der Waals surface area contributed by atoms with E-state index in [1.807, 2.05) is 19.1 Å². The first-order chi connectivity index (χ1) is 6.77. The first kappa shape index (κ1) is 8.69. The van der Waals surface area contributed by atoms with Gasteiger partial charge in [-0.05, 0) is 25.1 Å². The third-order valence-electron chi connectivity index (χ3n) is 1.96. The Kier molecular flexibility index (Phi) is 2.14. The molecule has 0 aliphatic carbocycles. The van der Waals surface area contributed by atoms with E-state index in [4.69, 9.17) is 0 Å². The van der Waals surface area contributed by atoms with E-state index < -0.39 is 0 Å². The van der Waals surface area contributed by atoms with Crippen LogP contribution in [0.25, 0.3) is 11.3 Å². The molecule has 0 spiro atoms. The van der Waals surface area contributed by atoms with Crippen molar-refractivity contribution >= 4 is 0 Å². The van der Waals surface area contributed by atoms with Gasteiger partial charge >= 0.3 is 0 Å². The zero-order valence-corrected chi connectivity index (χ0v) is 7.81. The van der Waals surface area contributed by atoms with Crippen LogP contribution in [0.2, 0.25) is 0 Å². The Bertz CT molecular complexity index is 455. The maximum atomic E-state index is 9.59. The Morgan fingerprint density at radius 1 is 1.14 bits per heavy atom. The molecule has 0 saturated carbocycles. The molecule has 0 atom stereocenters. The highest BCUT2D eigenvalue weighted by Gasteiger charge is 2.03. The number of aromatic nitrogens is 2. The van der Waals surface area contributed by atoms with Crippen LogP contribution in [0.15, 0.2) is 36.5 Å². The Morgan fingerprint density at radius 2 is 1.93 bits per heavy atom.